The van der Waals surface area contributed by atoms with E-state index < -0.39 is 11.7 Å². The fraction of sp³-hybridized carbons (Fsp3) is 0.588. The fourth-order valence-corrected chi connectivity index (χ4v) is 2.06. The van der Waals surface area contributed by atoms with Crippen LogP contribution in [0.5, 0.6) is 5.75 Å². The number of ether oxygens (including phenoxy) is 2. The van der Waals surface area contributed by atoms with Gasteiger partial charge in [-0.25, -0.2) is 4.98 Å². The van der Waals surface area contributed by atoms with Crippen LogP contribution in [-0.4, -0.2) is 24.3 Å². The third kappa shape index (κ3) is 4.87. The van der Waals surface area contributed by atoms with Crippen molar-refractivity contribution in [1.29, 1.82) is 0 Å². The quantitative estimate of drug-likeness (QED) is 0.785. The van der Waals surface area contributed by atoms with Crippen LogP contribution in [0.4, 0.5) is 13.2 Å². The van der Waals surface area contributed by atoms with Crippen LogP contribution >= 0.6 is 0 Å². The maximum atomic E-state index is 13.2. The highest BCUT2D eigenvalue weighted by Crippen LogP contribution is 2.38. The Morgan fingerprint density at radius 1 is 1.17 bits per heavy atom. The molecule has 0 spiro atoms. The lowest BCUT2D eigenvalue weighted by Gasteiger charge is -2.34. The number of hydrogen-bond donors (Lipinski definition) is 0. The molecule has 3 nitrogen and oxygen atoms in total. The van der Waals surface area contributed by atoms with E-state index in [1.807, 2.05) is 20.8 Å². The number of aromatic nitrogens is 1. The maximum absolute atomic E-state index is 13.2. The first kappa shape index (κ1) is 17.6. The first-order valence-corrected chi connectivity index (χ1v) is 7.38. The minimum atomic E-state index is -4.51. The van der Waals surface area contributed by atoms with Crippen molar-refractivity contribution in [3.8, 4) is 17.6 Å². The lowest BCUT2D eigenvalue weighted by molar-refractivity contribution is -0.140. The Kier molecular flexibility index (Phi) is 4.90. The van der Waals surface area contributed by atoms with E-state index in [1.54, 1.807) is 7.11 Å². The molecule has 1 aliphatic rings. The number of methoxy groups -OCH3 is 1. The summed E-state index contributed by atoms with van der Waals surface area (Å²) in [5, 5.41) is 0. The summed E-state index contributed by atoms with van der Waals surface area (Å²) in [6, 6.07) is 0.945. The molecule has 1 fully saturated rings. The minimum absolute atomic E-state index is 0.0548. The van der Waals surface area contributed by atoms with Crippen molar-refractivity contribution in [3.63, 3.8) is 0 Å². The monoisotopic (exact) mass is 327 g/mol. The summed E-state index contributed by atoms with van der Waals surface area (Å²) in [6.45, 7) is 5.64. The van der Waals surface area contributed by atoms with Gasteiger partial charge in [0.2, 0.25) is 0 Å². The lowest BCUT2D eigenvalue weighted by atomic mass is 9.92. The Hall–Kier alpha value is -1.74. The third-order valence-corrected chi connectivity index (χ3v) is 3.42. The van der Waals surface area contributed by atoms with Gasteiger partial charge in [-0.05, 0) is 32.8 Å². The van der Waals surface area contributed by atoms with Gasteiger partial charge in [-0.1, -0.05) is 5.92 Å². The van der Waals surface area contributed by atoms with E-state index in [9.17, 15) is 13.2 Å². The van der Waals surface area contributed by atoms with Gasteiger partial charge in [-0.15, -0.1) is 0 Å². The molecular formula is C17H20F3NO2. The van der Waals surface area contributed by atoms with Crippen LogP contribution in [0.1, 0.15) is 44.9 Å². The van der Waals surface area contributed by atoms with E-state index in [1.165, 1.54) is 0 Å². The Balaban J connectivity index is 2.23. The molecule has 0 unspecified atom stereocenters. The molecule has 1 aliphatic carbocycles. The number of alkyl halides is 3. The molecule has 0 N–H and O–H groups in total. The molecule has 1 heterocycles. The highest BCUT2D eigenvalue weighted by Gasteiger charge is 2.38. The number of hydrogen-bond acceptors (Lipinski definition) is 3. The summed E-state index contributed by atoms with van der Waals surface area (Å²) in [7, 11) is 1.58. The van der Waals surface area contributed by atoms with Crippen molar-refractivity contribution in [1.82, 2.24) is 4.98 Å². The van der Waals surface area contributed by atoms with Crippen molar-refractivity contribution in [2.45, 2.75) is 52.0 Å². The molecule has 1 aromatic rings. The van der Waals surface area contributed by atoms with E-state index in [4.69, 9.17) is 9.47 Å². The molecule has 126 valence electrons. The SMILES string of the molecule is COC1CC(Oc2cnc(C#CC(C)(C)C)cc2C(F)(F)F)C1. The second-order valence-electron chi connectivity index (χ2n) is 6.63. The van der Waals surface area contributed by atoms with Crippen LogP contribution < -0.4 is 4.74 Å². The van der Waals surface area contributed by atoms with Gasteiger partial charge in [0.15, 0.2) is 0 Å². The predicted molar refractivity (Wildman–Crippen MR) is 80.0 cm³/mol. The molecule has 0 aromatic carbocycles. The molecule has 0 amide bonds. The summed E-state index contributed by atoms with van der Waals surface area (Å²) in [5.41, 5.74) is -1.06. The van der Waals surface area contributed by atoms with Crippen LogP contribution in [-0.2, 0) is 10.9 Å². The van der Waals surface area contributed by atoms with Crippen molar-refractivity contribution in [2.75, 3.05) is 7.11 Å². The van der Waals surface area contributed by atoms with Crippen molar-refractivity contribution in [2.24, 2.45) is 5.41 Å². The molecule has 0 radical (unpaired) electrons. The van der Waals surface area contributed by atoms with Crippen molar-refractivity contribution >= 4 is 0 Å². The van der Waals surface area contributed by atoms with Gasteiger partial charge in [0, 0.05) is 25.4 Å². The number of rotatable bonds is 3. The first-order valence-electron chi connectivity index (χ1n) is 7.38. The molecule has 1 aromatic heterocycles. The predicted octanol–water partition coefficient (Wildman–Crippen LogP) is 4.05. The number of pyridine rings is 1. The Bertz CT molecular complexity index is 617. The average Bonchev–Trinajstić information content (AvgIpc) is 2.38. The van der Waals surface area contributed by atoms with Gasteiger partial charge in [0.25, 0.3) is 0 Å². The molecule has 23 heavy (non-hydrogen) atoms. The average molecular weight is 327 g/mol. The molecule has 0 atom stereocenters. The summed E-state index contributed by atoms with van der Waals surface area (Å²) in [6.07, 6.45) is -2.46. The van der Waals surface area contributed by atoms with E-state index in [2.05, 4.69) is 16.8 Å². The number of nitrogens with zero attached hydrogens (tertiary/aromatic N) is 1. The summed E-state index contributed by atoms with van der Waals surface area (Å²) in [5.74, 6) is 5.31. The van der Waals surface area contributed by atoms with Gasteiger partial charge in [-0.2, -0.15) is 13.2 Å². The maximum Gasteiger partial charge on any atom is 0.420 e. The zero-order valence-corrected chi connectivity index (χ0v) is 13.6. The zero-order valence-electron chi connectivity index (χ0n) is 13.6. The van der Waals surface area contributed by atoms with E-state index in [0.717, 1.165) is 12.3 Å². The molecule has 6 heteroatoms. The third-order valence-electron chi connectivity index (χ3n) is 3.42. The summed E-state index contributed by atoms with van der Waals surface area (Å²) >= 11 is 0. The molecule has 0 aliphatic heterocycles. The molecule has 1 saturated carbocycles. The smallest absolute Gasteiger partial charge is 0.420 e. The van der Waals surface area contributed by atoms with Gasteiger partial charge in [-0.3, -0.25) is 0 Å². The van der Waals surface area contributed by atoms with Crippen LogP contribution in [0.15, 0.2) is 12.3 Å². The first-order chi connectivity index (χ1) is 10.6. The molecular weight excluding hydrogens is 307 g/mol. The van der Waals surface area contributed by atoms with Gasteiger partial charge in [0.05, 0.1) is 12.3 Å². The lowest BCUT2D eigenvalue weighted by Crippen LogP contribution is -2.39. The van der Waals surface area contributed by atoms with Crippen LogP contribution in [0.3, 0.4) is 0 Å². The highest BCUT2D eigenvalue weighted by atomic mass is 19.4. The van der Waals surface area contributed by atoms with Crippen molar-refractivity contribution in [3.05, 3.63) is 23.5 Å². The van der Waals surface area contributed by atoms with E-state index >= 15 is 0 Å². The topological polar surface area (TPSA) is 31.4 Å². The van der Waals surface area contributed by atoms with Crippen LogP contribution in [0.2, 0.25) is 0 Å². The zero-order chi connectivity index (χ0) is 17.3. The van der Waals surface area contributed by atoms with E-state index in [0.29, 0.717) is 12.8 Å². The molecule has 0 bridgehead atoms. The fourth-order valence-electron chi connectivity index (χ4n) is 2.06. The second kappa shape index (κ2) is 6.40. The van der Waals surface area contributed by atoms with E-state index in [-0.39, 0.29) is 29.1 Å². The Morgan fingerprint density at radius 3 is 2.35 bits per heavy atom. The molecule has 2 rings (SSSR count). The second-order valence-corrected chi connectivity index (χ2v) is 6.63. The summed E-state index contributed by atoms with van der Waals surface area (Å²) < 4.78 is 50.2. The summed E-state index contributed by atoms with van der Waals surface area (Å²) in [4.78, 5) is 3.98. The van der Waals surface area contributed by atoms with Crippen LogP contribution in [0, 0.1) is 17.3 Å². The Morgan fingerprint density at radius 2 is 1.83 bits per heavy atom. The molecule has 0 saturated heterocycles. The van der Waals surface area contributed by atoms with Gasteiger partial charge in [0.1, 0.15) is 23.1 Å². The Labute approximate surface area is 134 Å². The normalized spacial score (nSPS) is 21.2. The highest BCUT2D eigenvalue weighted by molar-refractivity contribution is 5.41. The number of halogens is 3. The van der Waals surface area contributed by atoms with Gasteiger partial charge >= 0.3 is 6.18 Å². The largest absolute Gasteiger partial charge is 0.488 e. The van der Waals surface area contributed by atoms with Crippen molar-refractivity contribution < 1.29 is 22.6 Å². The minimum Gasteiger partial charge on any atom is -0.488 e. The van der Waals surface area contributed by atoms with Crippen LogP contribution in [0.25, 0.3) is 0 Å². The van der Waals surface area contributed by atoms with Gasteiger partial charge < -0.3 is 9.47 Å². The standard InChI is InChI=1S/C17H20F3NO2/c1-16(2,3)6-5-11-7-14(17(18,19)20)15(10-21-11)23-13-8-12(9-13)22-4/h7,10,12-13H,8-9H2,1-4H3.